The minimum absolute atomic E-state index is 0.0715. The van der Waals surface area contributed by atoms with E-state index in [1.165, 1.54) is 0 Å². The average Bonchev–Trinajstić information content (AvgIpc) is 2.48. The molecule has 2 rings (SSSR count). The highest BCUT2D eigenvalue weighted by Crippen LogP contribution is 2.21. The summed E-state index contributed by atoms with van der Waals surface area (Å²) in [4.78, 5) is 13.9. The van der Waals surface area contributed by atoms with Crippen LogP contribution in [0.15, 0.2) is 30.3 Å². The maximum Gasteiger partial charge on any atom is 0.179 e. The van der Waals surface area contributed by atoms with Crippen LogP contribution in [-0.4, -0.2) is 36.1 Å². The van der Waals surface area contributed by atoms with Gasteiger partial charge in [-0.25, -0.2) is 4.39 Å². The van der Waals surface area contributed by atoms with Crippen molar-refractivity contribution in [2.75, 3.05) is 13.1 Å². The third-order valence-electron chi connectivity index (χ3n) is 4.06. The SMILES string of the molecule is CC1CCN(C(F)CC(N)C(=O)c2ccccc2)CC1. The van der Waals surface area contributed by atoms with E-state index in [4.69, 9.17) is 5.73 Å². The smallest absolute Gasteiger partial charge is 0.179 e. The van der Waals surface area contributed by atoms with Crippen LogP contribution in [0.4, 0.5) is 4.39 Å². The topological polar surface area (TPSA) is 46.3 Å². The number of Topliss-reactive ketones (excluding diaryl/α,β-unsaturated/α-hetero) is 1. The van der Waals surface area contributed by atoms with Gasteiger partial charge in [0.05, 0.1) is 6.04 Å². The Morgan fingerprint density at radius 3 is 2.55 bits per heavy atom. The van der Waals surface area contributed by atoms with Crippen LogP contribution in [0.3, 0.4) is 0 Å². The van der Waals surface area contributed by atoms with E-state index in [1.54, 1.807) is 29.2 Å². The maximum atomic E-state index is 14.2. The molecule has 0 bridgehead atoms. The molecule has 20 heavy (non-hydrogen) atoms. The number of hydrogen-bond donors (Lipinski definition) is 1. The molecular formula is C16H23FN2O. The molecule has 2 unspecified atom stereocenters. The highest BCUT2D eigenvalue weighted by atomic mass is 19.1. The molecule has 0 radical (unpaired) electrons. The molecule has 2 N–H and O–H groups in total. The predicted octanol–water partition coefficient (Wildman–Crippen LogP) is 2.61. The van der Waals surface area contributed by atoms with Gasteiger partial charge in [0, 0.05) is 25.1 Å². The number of hydrogen-bond acceptors (Lipinski definition) is 3. The van der Waals surface area contributed by atoms with E-state index in [-0.39, 0.29) is 12.2 Å². The fourth-order valence-corrected chi connectivity index (χ4v) is 2.59. The molecule has 110 valence electrons. The lowest BCUT2D eigenvalue weighted by Gasteiger charge is -2.33. The molecule has 1 aliphatic heterocycles. The van der Waals surface area contributed by atoms with E-state index in [0.717, 1.165) is 25.9 Å². The molecule has 1 aromatic rings. The van der Waals surface area contributed by atoms with E-state index < -0.39 is 12.3 Å². The molecule has 1 aliphatic rings. The molecule has 1 aromatic carbocycles. The summed E-state index contributed by atoms with van der Waals surface area (Å²) in [6, 6.07) is 8.09. The fourth-order valence-electron chi connectivity index (χ4n) is 2.59. The van der Waals surface area contributed by atoms with Crippen molar-refractivity contribution in [3.63, 3.8) is 0 Å². The van der Waals surface area contributed by atoms with E-state index in [2.05, 4.69) is 6.92 Å². The van der Waals surface area contributed by atoms with Gasteiger partial charge in [0.2, 0.25) is 0 Å². The van der Waals surface area contributed by atoms with Gasteiger partial charge in [0.25, 0.3) is 0 Å². The number of piperidine rings is 1. The lowest BCUT2D eigenvalue weighted by Crippen LogP contribution is -2.43. The second kappa shape index (κ2) is 6.95. The highest BCUT2D eigenvalue weighted by molar-refractivity contribution is 5.99. The van der Waals surface area contributed by atoms with Gasteiger partial charge in [-0.05, 0) is 18.8 Å². The number of nitrogens with zero attached hydrogens (tertiary/aromatic N) is 1. The number of carbonyl (C=O) groups is 1. The molecule has 2 atom stereocenters. The molecule has 4 heteroatoms. The second-order valence-corrected chi connectivity index (χ2v) is 5.73. The van der Waals surface area contributed by atoms with Crippen molar-refractivity contribution in [1.82, 2.24) is 4.90 Å². The van der Waals surface area contributed by atoms with Crippen molar-refractivity contribution in [1.29, 1.82) is 0 Å². The van der Waals surface area contributed by atoms with Gasteiger partial charge in [0.15, 0.2) is 12.1 Å². The quantitative estimate of drug-likeness (QED) is 0.665. The van der Waals surface area contributed by atoms with Crippen molar-refractivity contribution in [3.8, 4) is 0 Å². The van der Waals surface area contributed by atoms with Crippen LogP contribution < -0.4 is 5.73 Å². The average molecular weight is 278 g/mol. The monoisotopic (exact) mass is 278 g/mol. The van der Waals surface area contributed by atoms with Gasteiger partial charge < -0.3 is 5.73 Å². The summed E-state index contributed by atoms with van der Waals surface area (Å²) in [5.74, 6) is 0.483. The second-order valence-electron chi connectivity index (χ2n) is 5.73. The first-order chi connectivity index (χ1) is 9.58. The summed E-state index contributed by atoms with van der Waals surface area (Å²) < 4.78 is 14.2. The molecule has 1 heterocycles. The third kappa shape index (κ3) is 3.87. The Labute approximate surface area is 120 Å². The Hall–Kier alpha value is -1.26. The van der Waals surface area contributed by atoms with E-state index in [0.29, 0.717) is 11.5 Å². The van der Waals surface area contributed by atoms with Gasteiger partial charge in [-0.3, -0.25) is 9.69 Å². The molecule has 3 nitrogen and oxygen atoms in total. The molecule has 1 fully saturated rings. The van der Waals surface area contributed by atoms with Crippen molar-refractivity contribution in [2.45, 2.75) is 38.5 Å². The molecule has 0 aliphatic carbocycles. The number of rotatable bonds is 5. The van der Waals surface area contributed by atoms with Crippen molar-refractivity contribution < 1.29 is 9.18 Å². The summed E-state index contributed by atoms with van der Waals surface area (Å²) in [5.41, 5.74) is 6.42. The van der Waals surface area contributed by atoms with Gasteiger partial charge in [0.1, 0.15) is 0 Å². The molecule has 1 saturated heterocycles. The molecule has 0 saturated carbocycles. The van der Waals surface area contributed by atoms with Gasteiger partial charge in [-0.2, -0.15) is 0 Å². The number of ketones is 1. The number of benzene rings is 1. The number of likely N-dealkylation sites (tertiary alicyclic amines) is 1. The fraction of sp³-hybridized carbons (Fsp3) is 0.562. The Morgan fingerprint density at radius 1 is 1.35 bits per heavy atom. The van der Waals surface area contributed by atoms with Gasteiger partial charge in [-0.1, -0.05) is 37.3 Å². The highest BCUT2D eigenvalue weighted by Gasteiger charge is 2.27. The zero-order chi connectivity index (χ0) is 14.5. The summed E-state index contributed by atoms with van der Waals surface area (Å²) >= 11 is 0. The van der Waals surface area contributed by atoms with Crippen LogP contribution >= 0.6 is 0 Å². The minimum Gasteiger partial charge on any atom is -0.321 e. The summed E-state index contributed by atoms with van der Waals surface area (Å²) in [6.07, 6.45) is 0.984. The van der Waals surface area contributed by atoms with Gasteiger partial charge in [-0.15, -0.1) is 0 Å². The van der Waals surface area contributed by atoms with E-state index in [9.17, 15) is 9.18 Å². The van der Waals surface area contributed by atoms with Crippen molar-refractivity contribution in [2.24, 2.45) is 11.7 Å². The van der Waals surface area contributed by atoms with Crippen LogP contribution in [0, 0.1) is 5.92 Å². The van der Waals surface area contributed by atoms with Crippen LogP contribution in [0.5, 0.6) is 0 Å². The molecule has 0 amide bonds. The zero-order valence-electron chi connectivity index (χ0n) is 12.0. The Kier molecular flexibility index (Phi) is 5.26. The number of alkyl halides is 1. The van der Waals surface area contributed by atoms with Gasteiger partial charge >= 0.3 is 0 Å². The molecule has 0 aromatic heterocycles. The lowest BCUT2D eigenvalue weighted by molar-refractivity contribution is 0.0393. The lowest BCUT2D eigenvalue weighted by atomic mass is 9.97. The maximum absolute atomic E-state index is 14.2. The normalized spacial score (nSPS) is 20.6. The minimum atomic E-state index is -1.12. The van der Waals surface area contributed by atoms with Crippen molar-refractivity contribution >= 4 is 5.78 Å². The predicted molar refractivity (Wildman–Crippen MR) is 78.2 cm³/mol. The third-order valence-corrected chi connectivity index (χ3v) is 4.06. The van der Waals surface area contributed by atoms with Crippen LogP contribution in [-0.2, 0) is 0 Å². The molecule has 0 spiro atoms. The standard InChI is InChI=1S/C16H23FN2O/c1-12-7-9-19(10-8-12)15(17)11-14(18)16(20)13-5-3-2-4-6-13/h2-6,12,14-15H,7-11,18H2,1H3. The first-order valence-corrected chi connectivity index (χ1v) is 7.31. The summed E-state index contributed by atoms with van der Waals surface area (Å²) in [6.45, 7) is 3.71. The van der Waals surface area contributed by atoms with Crippen molar-refractivity contribution in [3.05, 3.63) is 35.9 Å². The Balaban J connectivity index is 1.87. The zero-order valence-corrected chi connectivity index (χ0v) is 12.0. The van der Waals surface area contributed by atoms with E-state index in [1.807, 2.05) is 6.07 Å². The number of nitrogens with two attached hydrogens (primary N) is 1. The number of carbonyl (C=O) groups excluding carboxylic acids is 1. The van der Waals surface area contributed by atoms with Crippen LogP contribution in [0.1, 0.15) is 36.5 Å². The van der Waals surface area contributed by atoms with Crippen LogP contribution in [0.25, 0.3) is 0 Å². The first-order valence-electron chi connectivity index (χ1n) is 7.31. The van der Waals surface area contributed by atoms with Crippen LogP contribution in [0.2, 0.25) is 0 Å². The Morgan fingerprint density at radius 2 is 1.95 bits per heavy atom. The molecular weight excluding hydrogens is 255 g/mol. The number of halogens is 1. The largest absolute Gasteiger partial charge is 0.321 e. The summed E-state index contributed by atoms with van der Waals surface area (Å²) in [7, 11) is 0. The summed E-state index contributed by atoms with van der Waals surface area (Å²) in [5, 5.41) is 0. The Bertz CT molecular complexity index is 429. The van der Waals surface area contributed by atoms with E-state index >= 15 is 0 Å². The first kappa shape index (κ1) is 15.1.